The standard InChI is InChI=1S/C55H82N16O14S/c1-32(2)46-54(81)60-33(3)49(76)65-41(28-72)53(80)64-40(24-35-26-57-31-59-35)51(78)63-38(23-34-11-5-4-6-12-34)50(77)62-37(48(56)75)13-9-10-17-71-27-36(69-70-71)25-39(52(79)67-46)61-45(74)29-85-22-21-84-20-19-83-18-16-58-44(73)15-8-7-14-43-47-42(30-86-43)66-55(82)68-47/h4-6,11-12,26-27,31-33,37-43,46-47,72H,7-10,13-25,28-30H2,1-3H3,(H2,56,75)(H,57,59)(H,58,73)(H,60,81)(H,61,74)(H,62,77)(H,63,78)(H,64,80)(H,65,76)(H,67,79)(H2,66,68,82)/t33?,37?,38?,39?,40?,41?,42?,43-,46?,47?/m1/s1. The van der Waals surface area contributed by atoms with Gasteiger partial charge in [0.2, 0.25) is 53.2 Å². The van der Waals surface area contributed by atoms with Crippen LogP contribution in [0.15, 0.2) is 49.1 Å². The minimum atomic E-state index is -1.65. The molecule has 5 heterocycles. The van der Waals surface area contributed by atoms with Crippen molar-refractivity contribution in [2.45, 2.75) is 151 Å². The number of benzene rings is 1. The number of H-pyrrole nitrogens is 1. The molecular formula is C55H82N16O14S. The van der Waals surface area contributed by atoms with E-state index in [-0.39, 0.29) is 95.0 Å². The van der Waals surface area contributed by atoms with Crippen molar-refractivity contribution in [2.75, 3.05) is 58.5 Å². The average Bonchev–Trinajstić information content (AvgIpc) is 3.26. The highest BCUT2D eigenvalue weighted by atomic mass is 32.2. The van der Waals surface area contributed by atoms with E-state index in [1.165, 1.54) is 24.1 Å². The first kappa shape index (κ1) is 67.4. The number of hydrogen-bond acceptors (Lipinski definition) is 18. The number of aromatic amines is 1. The molecule has 14 N–H and O–H groups in total. The predicted molar refractivity (Wildman–Crippen MR) is 310 cm³/mol. The number of ether oxygens (including phenoxy) is 3. The van der Waals surface area contributed by atoms with E-state index in [4.69, 9.17) is 19.9 Å². The quantitative estimate of drug-likeness (QED) is 0.0308. The Kier molecular flexibility index (Phi) is 27.4. The molecule has 2 bridgehead atoms. The minimum absolute atomic E-state index is 0.0106. The van der Waals surface area contributed by atoms with Crippen molar-refractivity contribution in [2.24, 2.45) is 11.7 Å². The van der Waals surface area contributed by atoms with E-state index in [0.717, 1.165) is 25.0 Å². The van der Waals surface area contributed by atoms with Crippen LogP contribution in [0.3, 0.4) is 0 Å². The second kappa shape index (κ2) is 35.0. The van der Waals surface area contributed by atoms with Gasteiger partial charge in [-0.25, -0.2) is 9.78 Å². The van der Waals surface area contributed by atoms with Crippen molar-refractivity contribution in [3.8, 4) is 0 Å². The highest BCUT2D eigenvalue weighted by molar-refractivity contribution is 8.00. The van der Waals surface area contributed by atoms with Gasteiger partial charge >= 0.3 is 6.03 Å². The number of nitrogens with one attached hydrogen (secondary N) is 11. The van der Waals surface area contributed by atoms with Gasteiger partial charge in [0, 0.05) is 67.9 Å². The molecule has 30 nitrogen and oxygen atoms in total. The van der Waals surface area contributed by atoms with Gasteiger partial charge in [-0.05, 0) is 50.5 Å². The summed E-state index contributed by atoms with van der Waals surface area (Å²) in [5.41, 5.74) is 7.12. The molecule has 0 spiro atoms. The number of aliphatic hydroxyl groups excluding tert-OH is 1. The van der Waals surface area contributed by atoms with Gasteiger partial charge < -0.3 is 83.2 Å². The topological polar surface area (TPSA) is 424 Å². The molecule has 9 unspecified atom stereocenters. The first-order valence-electron chi connectivity index (χ1n) is 29.0. The fourth-order valence-electron chi connectivity index (χ4n) is 9.68. The number of aryl methyl sites for hydroxylation is 1. The summed E-state index contributed by atoms with van der Waals surface area (Å²) in [4.78, 5) is 140. The highest BCUT2D eigenvalue weighted by Gasteiger charge is 2.43. The maximum atomic E-state index is 14.2. The van der Waals surface area contributed by atoms with Gasteiger partial charge in [-0.1, -0.05) is 55.8 Å². The largest absolute Gasteiger partial charge is 0.394 e. The van der Waals surface area contributed by atoms with Crippen molar-refractivity contribution in [3.05, 3.63) is 66.0 Å². The highest BCUT2D eigenvalue weighted by Crippen LogP contribution is 2.33. The van der Waals surface area contributed by atoms with Crippen molar-refractivity contribution >= 4 is 71.0 Å². The molecule has 0 aliphatic carbocycles. The van der Waals surface area contributed by atoms with Crippen LogP contribution in [0.1, 0.15) is 82.7 Å². The van der Waals surface area contributed by atoms with E-state index < -0.39 is 109 Å². The normalized spacial score (nSPS) is 24.8. The number of rotatable bonds is 24. The average molecular weight is 1220 g/mol. The van der Waals surface area contributed by atoms with Crippen LogP contribution in [0.5, 0.6) is 0 Å². The summed E-state index contributed by atoms with van der Waals surface area (Å²) in [5, 5.41) is 46.0. The van der Waals surface area contributed by atoms with Crippen LogP contribution in [0.4, 0.5) is 4.79 Å². The molecule has 2 aromatic heterocycles. The molecule has 2 saturated heterocycles. The fourth-order valence-corrected chi connectivity index (χ4v) is 11.2. The van der Waals surface area contributed by atoms with Crippen molar-refractivity contribution in [3.63, 3.8) is 0 Å². The van der Waals surface area contributed by atoms with Crippen molar-refractivity contribution < 1.29 is 67.3 Å². The van der Waals surface area contributed by atoms with Crippen LogP contribution in [-0.2, 0) is 83.2 Å². The smallest absolute Gasteiger partial charge is 0.315 e. The van der Waals surface area contributed by atoms with Crippen molar-refractivity contribution in [1.29, 1.82) is 0 Å². The number of imidazole rings is 1. The molecule has 3 aliphatic rings. The number of thioether (sulfide) groups is 1. The van der Waals surface area contributed by atoms with Crippen LogP contribution in [0.2, 0.25) is 0 Å². The molecule has 1 aromatic carbocycles. The van der Waals surface area contributed by atoms with Gasteiger partial charge in [-0.15, -0.1) is 5.10 Å². The summed E-state index contributed by atoms with van der Waals surface area (Å²) in [6.07, 6.45) is 7.75. The van der Waals surface area contributed by atoms with E-state index in [0.29, 0.717) is 42.3 Å². The maximum Gasteiger partial charge on any atom is 0.315 e. The molecule has 10 atom stereocenters. The summed E-state index contributed by atoms with van der Waals surface area (Å²) < 4.78 is 18.1. The lowest BCUT2D eigenvalue weighted by atomic mass is 10.0. The van der Waals surface area contributed by atoms with Gasteiger partial charge in [0.15, 0.2) is 0 Å². The zero-order chi connectivity index (χ0) is 62.0. The number of nitrogens with two attached hydrogens (primary N) is 1. The number of urea groups is 1. The molecule has 3 aliphatic heterocycles. The lowest BCUT2D eigenvalue weighted by Gasteiger charge is -2.27. The number of hydrogen-bond donors (Lipinski definition) is 13. The lowest BCUT2D eigenvalue weighted by molar-refractivity contribution is -0.136. The molecule has 6 rings (SSSR count). The molecule has 0 radical (unpaired) electrons. The summed E-state index contributed by atoms with van der Waals surface area (Å²) in [7, 11) is 0. The zero-order valence-corrected chi connectivity index (χ0v) is 49.5. The van der Waals surface area contributed by atoms with Gasteiger partial charge in [0.25, 0.3) is 0 Å². The van der Waals surface area contributed by atoms with Gasteiger partial charge in [0.1, 0.15) is 48.9 Å². The molecule has 31 heteroatoms. The number of carbonyl (C=O) groups excluding carboxylic acids is 10. The Bertz CT molecular complexity index is 2720. The molecule has 11 amide bonds. The number of aliphatic hydroxyl groups is 1. The van der Waals surface area contributed by atoms with Gasteiger partial charge in [0.05, 0.1) is 63.7 Å². The molecular weight excluding hydrogens is 1140 g/mol. The molecule has 86 heavy (non-hydrogen) atoms. The third kappa shape index (κ3) is 22.3. The summed E-state index contributed by atoms with van der Waals surface area (Å²) in [6, 6.07) is -0.537. The Hall–Kier alpha value is -7.74. The number of carbonyl (C=O) groups is 10. The number of aromatic nitrogens is 5. The lowest BCUT2D eigenvalue weighted by Crippen LogP contribution is -2.61. The van der Waals surface area contributed by atoms with E-state index in [2.05, 4.69) is 73.4 Å². The SMILES string of the molecule is CC1NC(=O)C(C(C)C)NC(=O)C(NC(=O)COCCOCCOCCNC(=O)CCCC[C@H]2SCC3NC(=O)NC32)Cc2cn(nn2)CCCCC(C(N)=O)NC(=O)C(Cc2ccccc2)NC(=O)C(Cc2cnc[nH]2)NC(=O)C(CO)NC1=O. The Balaban J connectivity index is 1.03. The number of fused-ring (bicyclic) bond motifs is 3. The van der Waals surface area contributed by atoms with Crippen molar-refractivity contribution in [1.82, 2.24) is 78.1 Å². The Morgan fingerprint density at radius 2 is 1.48 bits per heavy atom. The predicted octanol–water partition coefficient (Wildman–Crippen LogP) is -3.35. The summed E-state index contributed by atoms with van der Waals surface area (Å²) in [5.74, 6) is -6.34. The second-order valence-corrected chi connectivity index (χ2v) is 22.8. The van der Waals surface area contributed by atoms with E-state index >= 15 is 0 Å². The minimum Gasteiger partial charge on any atom is -0.394 e. The Morgan fingerprint density at radius 1 is 0.779 bits per heavy atom. The zero-order valence-electron chi connectivity index (χ0n) is 48.6. The number of nitrogens with zero attached hydrogens (tertiary/aromatic N) is 4. The fraction of sp³-hybridized carbons (Fsp3) is 0.618. The molecule has 2 fully saturated rings. The van der Waals surface area contributed by atoms with Gasteiger partial charge in [-0.3, -0.25) is 47.8 Å². The molecule has 3 aromatic rings. The Morgan fingerprint density at radius 3 is 2.19 bits per heavy atom. The van der Waals surface area contributed by atoms with Crippen LogP contribution >= 0.6 is 11.8 Å². The maximum absolute atomic E-state index is 14.2. The van der Waals surface area contributed by atoms with Crippen LogP contribution in [-0.4, -0.2) is 207 Å². The first-order chi connectivity index (χ1) is 41.4. The number of unbranched alkanes of at least 4 members (excludes halogenated alkanes) is 1. The molecule has 472 valence electrons. The summed E-state index contributed by atoms with van der Waals surface area (Å²) in [6.45, 7) is 4.67. The van der Waals surface area contributed by atoms with Gasteiger partial charge in [-0.2, -0.15) is 11.8 Å². The Labute approximate surface area is 502 Å². The monoisotopic (exact) mass is 1220 g/mol. The number of amides is 11. The van der Waals surface area contributed by atoms with Crippen LogP contribution in [0.25, 0.3) is 0 Å². The summed E-state index contributed by atoms with van der Waals surface area (Å²) >= 11 is 1.85. The van der Waals surface area contributed by atoms with E-state index in [1.54, 1.807) is 50.4 Å². The third-order valence-corrected chi connectivity index (χ3v) is 15.9. The van der Waals surface area contributed by atoms with E-state index in [1.807, 2.05) is 11.8 Å². The van der Waals surface area contributed by atoms with E-state index in [9.17, 15) is 53.1 Å². The van der Waals surface area contributed by atoms with Crippen LogP contribution < -0.4 is 58.9 Å². The molecule has 0 saturated carbocycles. The first-order valence-corrected chi connectivity index (χ1v) is 30.0. The van der Waals surface area contributed by atoms with Crippen LogP contribution in [0, 0.1) is 5.92 Å². The third-order valence-electron chi connectivity index (χ3n) is 14.4. The number of primary amides is 1. The second-order valence-electron chi connectivity index (χ2n) is 21.5.